The molecule has 0 aliphatic carbocycles. The first-order valence-corrected chi connectivity index (χ1v) is 5.11. The Bertz CT molecular complexity index is 446. The van der Waals surface area contributed by atoms with E-state index in [9.17, 15) is 9.59 Å². The van der Waals surface area contributed by atoms with Crippen LogP contribution in [0.15, 0.2) is 23.1 Å². The number of nitrogens with zero attached hydrogens (tertiary/aromatic N) is 1. The van der Waals surface area contributed by atoms with Gasteiger partial charge >= 0.3 is 5.97 Å². The highest BCUT2D eigenvalue weighted by Gasteiger charge is 2.21. The second kappa shape index (κ2) is 4.49. The van der Waals surface area contributed by atoms with Crippen molar-refractivity contribution < 1.29 is 14.3 Å². The Morgan fingerprint density at radius 2 is 2.44 bits per heavy atom. The summed E-state index contributed by atoms with van der Waals surface area (Å²) in [6.45, 7) is 1.17. The fourth-order valence-electron chi connectivity index (χ4n) is 1.80. The van der Waals surface area contributed by atoms with Gasteiger partial charge in [0.15, 0.2) is 0 Å². The van der Waals surface area contributed by atoms with Gasteiger partial charge in [-0.2, -0.15) is 0 Å². The van der Waals surface area contributed by atoms with Crippen LogP contribution in [0.25, 0.3) is 0 Å². The Kier molecular flexibility index (Phi) is 3.05. The number of carbonyl (C=O) groups is 1. The number of rotatable bonds is 2. The molecule has 0 unspecified atom stereocenters. The third-order valence-electron chi connectivity index (χ3n) is 2.68. The Balaban J connectivity index is 2.40. The van der Waals surface area contributed by atoms with E-state index in [2.05, 4.69) is 4.74 Å². The molecule has 0 N–H and O–H groups in total. The third kappa shape index (κ3) is 1.86. The van der Waals surface area contributed by atoms with Gasteiger partial charge in [0, 0.05) is 12.8 Å². The van der Waals surface area contributed by atoms with Gasteiger partial charge < -0.3 is 14.0 Å². The molecule has 5 nitrogen and oxygen atoms in total. The lowest BCUT2D eigenvalue weighted by atomic mass is 10.2. The van der Waals surface area contributed by atoms with Crippen molar-refractivity contribution in [2.24, 2.45) is 0 Å². The minimum Gasteiger partial charge on any atom is -0.465 e. The fourth-order valence-corrected chi connectivity index (χ4v) is 1.80. The maximum absolute atomic E-state index is 12.0. The van der Waals surface area contributed by atoms with Crippen LogP contribution in [0.5, 0.6) is 0 Å². The number of pyridine rings is 1. The molecular weight excluding hydrogens is 210 g/mol. The molecule has 1 atom stereocenters. The van der Waals surface area contributed by atoms with Gasteiger partial charge in [-0.1, -0.05) is 0 Å². The van der Waals surface area contributed by atoms with Crippen LogP contribution in [0.3, 0.4) is 0 Å². The predicted molar refractivity (Wildman–Crippen MR) is 56.5 cm³/mol. The first-order chi connectivity index (χ1) is 7.74. The number of methoxy groups -OCH3 is 1. The molecular formula is C11H13NO4. The van der Waals surface area contributed by atoms with Crippen molar-refractivity contribution in [1.82, 2.24) is 4.57 Å². The molecule has 2 heterocycles. The van der Waals surface area contributed by atoms with Crippen LogP contribution in [-0.4, -0.2) is 30.9 Å². The molecule has 1 aliphatic heterocycles. The first kappa shape index (κ1) is 10.9. The standard InChI is InChI=1S/C11H13NO4/c1-15-11(14)9-3-2-5-12(10(9)13)8-4-6-16-7-8/h2-3,5,8H,4,6-7H2,1H3/t8-/m0/s1. The predicted octanol–water partition coefficient (Wildman–Crippen LogP) is 0.596. The summed E-state index contributed by atoms with van der Waals surface area (Å²) >= 11 is 0. The summed E-state index contributed by atoms with van der Waals surface area (Å²) in [6, 6.07) is 3.17. The highest BCUT2D eigenvalue weighted by Crippen LogP contribution is 2.16. The molecule has 1 aromatic rings. The van der Waals surface area contributed by atoms with Crippen molar-refractivity contribution in [3.63, 3.8) is 0 Å². The Morgan fingerprint density at radius 3 is 3.06 bits per heavy atom. The number of esters is 1. The van der Waals surface area contributed by atoms with E-state index in [1.165, 1.54) is 13.2 Å². The lowest BCUT2D eigenvalue weighted by Gasteiger charge is -2.12. The van der Waals surface area contributed by atoms with Crippen molar-refractivity contribution >= 4 is 5.97 Å². The van der Waals surface area contributed by atoms with Crippen LogP contribution in [0.4, 0.5) is 0 Å². The van der Waals surface area contributed by atoms with E-state index in [-0.39, 0.29) is 17.2 Å². The molecule has 0 radical (unpaired) electrons. The van der Waals surface area contributed by atoms with Gasteiger partial charge in [-0.3, -0.25) is 4.79 Å². The van der Waals surface area contributed by atoms with Crippen molar-refractivity contribution in [1.29, 1.82) is 0 Å². The van der Waals surface area contributed by atoms with Crippen molar-refractivity contribution in [3.05, 3.63) is 34.2 Å². The van der Waals surface area contributed by atoms with E-state index in [1.807, 2.05) is 0 Å². The molecule has 2 rings (SSSR count). The summed E-state index contributed by atoms with van der Waals surface area (Å²) in [7, 11) is 1.26. The van der Waals surface area contributed by atoms with Crippen molar-refractivity contribution in [3.8, 4) is 0 Å². The van der Waals surface area contributed by atoms with Crippen LogP contribution in [-0.2, 0) is 9.47 Å². The molecule has 1 saturated heterocycles. The zero-order chi connectivity index (χ0) is 11.5. The van der Waals surface area contributed by atoms with Gasteiger partial charge in [0.05, 0.1) is 19.8 Å². The van der Waals surface area contributed by atoms with E-state index in [0.29, 0.717) is 13.2 Å². The van der Waals surface area contributed by atoms with Crippen LogP contribution < -0.4 is 5.56 Å². The van der Waals surface area contributed by atoms with E-state index in [4.69, 9.17) is 4.74 Å². The number of ether oxygens (including phenoxy) is 2. The Morgan fingerprint density at radius 1 is 1.62 bits per heavy atom. The molecule has 1 aliphatic rings. The molecule has 1 aromatic heterocycles. The zero-order valence-corrected chi connectivity index (χ0v) is 9.01. The topological polar surface area (TPSA) is 57.5 Å². The number of hydrogen-bond acceptors (Lipinski definition) is 4. The van der Waals surface area contributed by atoms with Crippen LogP contribution >= 0.6 is 0 Å². The molecule has 1 fully saturated rings. The van der Waals surface area contributed by atoms with Crippen LogP contribution in [0, 0.1) is 0 Å². The van der Waals surface area contributed by atoms with Crippen LogP contribution in [0.1, 0.15) is 22.8 Å². The molecule has 0 saturated carbocycles. The van der Waals surface area contributed by atoms with Gasteiger partial charge in [-0.05, 0) is 18.6 Å². The summed E-state index contributed by atoms with van der Waals surface area (Å²) in [6.07, 6.45) is 2.47. The van der Waals surface area contributed by atoms with Gasteiger partial charge in [-0.15, -0.1) is 0 Å². The normalized spacial score (nSPS) is 19.7. The number of carbonyl (C=O) groups excluding carboxylic acids is 1. The summed E-state index contributed by atoms with van der Waals surface area (Å²) in [4.78, 5) is 23.3. The van der Waals surface area contributed by atoms with Crippen molar-refractivity contribution in [2.45, 2.75) is 12.5 Å². The minimum atomic E-state index is -0.599. The Labute approximate surface area is 92.6 Å². The minimum absolute atomic E-state index is 0.0251. The Hall–Kier alpha value is -1.62. The zero-order valence-electron chi connectivity index (χ0n) is 9.01. The second-order valence-electron chi connectivity index (χ2n) is 3.64. The maximum Gasteiger partial charge on any atom is 0.343 e. The molecule has 86 valence electrons. The van der Waals surface area contributed by atoms with Crippen molar-refractivity contribution in [2.75, 3.05) is 20.3 Å². The number of hydrogen-bond donors (Lipinski definition) is 0. The van der Waals surface area contributed by atoms with Crippen LogP contribution in [0.2, 0.25) is 0 Å². The van der Waals surface area contributed by atoms with E-state index < -0.39 is 5.97 Å². The fraction of sp³-hybridized carbons (Fsp3) is 0.455. The average Bonchev–Trinajstić information content (AvgIpc) is 2.82. The summed E-state index contributed by atoms with van der Waals surface area (Å²) in [5.41, 5.74) is -0.248. The monoisotopic (exact) mass is 223 g/mol. The SMILES string of the molecule is COC(=O)c1cccn([C@H]2CCOC2)c1=O. The molecule has 16 heavy (non-hydrogen) atoms. The highest BCUT2D eigenvalue weighted by molar-refractivity contribution is 5.88. The quantitative estimate of drug-likeness (QED) is 0.689. The molecule has 0 amide bonds. The lowest BCUT2D eigenvalue weighted by Crippen LogP contribution is -2.29. The average molecular weight is 223 g/mol. The molecule has 0 bridgehead atoms. The lowest BCUT2D eigenvalue weighted by molar-refractivity contribution is 0.0597. The largest absolute Gasteiger partial charge is 0.465 e. The van der Waals surface area contributed by atoms with Gasteiger partial charge in [0.2, 0.25) is 0 Å². The summed E-state index contributed by atoms with van der Waals surface area (Å²) in [5.74, 6) is -0.599. The molecule has 0 aromatic carbocycles. The van der Waals surface area contributed by atoms with Gasteiger partial charge in [-0.25, -0.2) is 4.79 Å². The number of aromatic nitrogens is 1. The first-order valence-electron chi connectivity index (χ1n) is 5.11. The smallest absolute Gasteiger partial charge is 0.343 e. The van der Waals surface area contributed by atoms with E-state index in [1.54, 1.807) is 16.8 Å². The summed E-state index contributed by atoms with van der Waals surface area (Å²) in [5, 5.41) is 0. The van der Waals surface area contributed by atoms with Gasteiger partial charge in [0.25, 0.3) is 5.56 Å². The highest BCUT2D eigenvalue weighted by atomic mass is 16.5. The van der Waals surface area contributed by atoms with Gasteiger partial charge in [0.1, 0.15) is 5.56 Å². The second-order valence-corrected chi connectivity index (χ2v) is 3.64. The molecule has 0 spiro atoms. The van der Waals surface area contributed by atoms with E-state index in [0.717, 1.165) is 6.42 Å². The summed E-state index contributed by atoms with van der Waals surface area (Å²) < 4.78 is 11.3. The maximum atomic E-state index is 12.0. The van der Waals surface area contributed by atoms with E-state index >= 15 is 0 Å². The molecule has 5 heteroatoms. The third-order valence-corrected chi connectivity index (χ3v) is 2.68.